The van der Waals surface area contributed by atoms with Crippen molar-refractivity contribution < 1.29 is 9.47 Å². The molecular formula is C22H32IN5O2. The van der Waals surface area contributed by atoms with E-state index in [2.05, 4.69) is 49.8 Å². The number of guanidine groups is 1. The summed E-state index contributed by atoms with van der Waals surface area (Å²) < 4.78 is 10.9. The number of morpholine rings is 1. The molecule has 8 heteroatoms. The maximum Gasteiger partial charge on any atom is 0.213 e. The van der Waals surface area contributed by atoms with Crippen molar-refractivity contribution in [2.45, 2.75) is 26.6 Å². The van der Waals surface area contributed by atoms with Gasteiger partial charge in [-0.05, 0) is 29.7 Å². The van der Waals surface area contributed by atoms with Gasteiger partial charge in [-0.25, -0.2) is 4.98 Å². The fraction of sp³-hybridized carbons (Fsp3) is 0.455. The van der Waals surface area contributed by atoms with Gasteiger partial charge in [0.05, 0.1) is 19.8 Å². The molecule has 1 aliphatic rings. The molecule has 0 radical (unpaired) electrons. The average Bonchev–Trinajstić information content (AvgIpc) is 2.76. The molecule has 1 saturated heterocycles. The van der Waals surface area contributed by atoms with Crippen molar-refractivity contribution in [3.8, 4) is 5.88 Å². The molecule has 1 aliphatic heterocycles. The summed E-state index contributed by atoms with van der Waals surface area (Å²) in [5.74, 6) is 1.41. The largest absolute Gasteiger partial charge is 0.478 e. The molecule has 1 fully saturated rings. The van der Waals surface area contributed by atoms with Gasteiger partial charge >= 0.3 is 0 Å². The summed E-state index contributed by atoms with van der Waals surface area (Å²) in [5, 5.41) is 6.78. The molecule has 2 heterocycles. The van der Waals surface area contributed by atoms with Crippen LogP contribution in [-0.4, -0.2) is 55.8 Å². The molecule has 2 N–H and O–H groups in total. The number of aliphatic imine (C=N–C) groups is 1. The van der Waals surface area contributed by atoms with Gasteiger partial charge in [-0.15, -0.1) is 24.0 Å². The molecule has 1 aromatic heterocycles. The average molecular weight is 525 g/mol. The zero-order valence-corrected chi connectivity index (χ0v) is 20.1. The van der Waals surface area contributed by atoms with Crippen LogP contribution in [0.4, 0.5) is 0 Å². The zero-order chi connectivity index (χ0) is 20.3. The van der Waals surface area contributed by atoms with E-state index in [0.29, 0.717) is 19.0 Å². The summed E-state index contributed by atoms with van der Waals surface area (Å²) in [6.45, 7) is 8.49. The number of hydrogen-bond donors (Lipinski definition) is 2. The Hall–Kier alpha value is -1.91. The van der Waals surface area contributed by atoms with Crippen LogP contribution in [0.5, 0.6) is 5.88 Å². The van der Waals surface area contributed by atoms with E-state index >= 15 is 0 Å². The first kappa shape index (κ1) is 24.4. The van der Waals surface area contributed by atoms with Crippen LogP contribution in [0.15, 0.2) is 47.6 Å². The molecule has 1 aromatic carbocycles. The molecule has 0 spiro atoms. The van der Waals surface area contributed by atoms with E-state index in [1.807, 2.05) is 19.1 Å². The lowest BCUT2D eigenvalue weighted by atomic mass is 10.1. The van der Waals surface area contributed by atoms with Crippen LogP contribution in [0.2, 0.25) is 0 Å². The Labute approximate surface area is 196 Å². The fourth-order valence-electron chi connectivity index (χ4n) is 3.26. The van der Waals surface area contributed by atoms with Gasteiger partial charge < -0.3 is 20.1 Å². The number of benzene rings is 1. The number of nitrogens with one attached hydrogen (secondary N) is 2. The maximum atomic E-state index is 5.46. The predicted molar refractivity (Wildman–Crippen MR) is 130 cm³/mol. The van der Waals surface area contributed by atoms with E-state index in [1.54, 1.807) is 13.2 Å². The monoisotopic (exact) mass is 525 g/mol. The van der Waals surface area contributed by atoms with E-state index in [4.69, 9.17) is 9.47 Å². The molecule has 0 atom stereocenters. The number of rotatable bonds is 8. The molecular weight excluding hydrogens is 493 g/mol. The lowest BCUT2D eigenvalue weighted by molar-refractivity contribution is 0.0341. The summed E-state index contributed by atoms with van der Waals surface area (Å²) in [5.41, 5.74) is 3.72. The Bertz CT molecular complexity index is 797. The van der Waals surface area contributed by atoms with Crippen LogP contribution in [-0.2, 0) is 24.4 Å². The molecule has 2 aromatic rings. The second-order valence-corrected chi connectivity index (χ2v) is 6.87. The van der Waals surface area contributed by atoms with Crippen molar-refractivity contribution in [1.82, 2.24) is 20.5 Å². The first-order valence-electron chi connectivity index (χ1n) is 10.2. The first-order valence-corrected chi connectivity index (χ1v) is 10.2. The Morgan fingerprint density at radius 2 is 1.87 bits per heavy atom. The van der Waals surface area contributed by atoms with Gasteiger partial charge in [0.25, 0.3) is 0 Å². The summed E-state index contributed by atoms with van der Waals surface area (Å²) in [7, 11) is 1.78. The summed E-state index contributed by atoms with van der Waals surface area (Å²) in [6.07, 6.45) is 1.76. The predicted octanol–water partition coefficient (Wildman–Crippen LogP) is 2.80. The summed E-state index contributed by atoms with van der Waals surface area (Å²) in [4.78, 5) is 11.0. The lowest BCUT2D eigenvalue weighted by Gasteiger charge is -2.27. The SMILES string of the molecule is CCOc1cc(CNC(=NC)NCc2ccccc2CN2CCOCC2)ccn1.I. The zero-order valence-electron chi connectivity index (χ0n) is 17.8. The van der Waals surface area contributed by atoms with Crippen LogP contribution in [0.25, 0.3) is 0 Å². The smallest absolute Gasteiger partial charge is 0.213 e. The van der Waals surface area contributed by atoms with Crippen molar-refractivity contribution >= 4 is 29.9 Å². The number of pyridine rings is 1. The molecule has 0 unspecified atom stereocenters. The second-order valence-electron chi connectivity index (χ2n) is 6.87. The first-order chi connectivity index (χ1) is 14.3. The lowest BCUT2D eigenvalue weighted by Crippen LogP contribution is -2.37. The second kappa shape index (κ2) is 13.4. The van der Waals surface area contributed by atoms with Crippen LogP contribution in [0.3, 0.4) is 0 Å². The number of halogens is 1. The standard InChI is InChI=1S/C22H31N5O2.HI/c1-3-29-21-14-18(8-9-24-21)15-25-22(23-2)26-16-19-6-4-5-7-20(19)17-27-10-12-28-13-11-27;/h4-9,14H,3,10-13,15-17H2,1-2H3,(H2,23,25,26);1H. The highest BCUT2D eigenvalue weighted by molar-refractivity contribution is 14.0. The van der Waals surface area contributed by atoms with Gasteiger partial charge in [0, 0.05) is 52.0 Å². The summed E-state index contributed by atoms with van der Waals surface area (Å²) in [6, 6.07) is 12.5. The number of ether oxygens (including phenoxy) is 2. The molecule has 30 heavy (non-hydrogen) atoms. The van der Waals surface area contributed by atoms with Gasteiger partial charge in [0.1, 0.15) is 0 Å². The van der Waals surface area contributed by atoms with Gasteiger partial charge in [-0.2, -0.15) is 0 Å². The van der Waals surface area contributed by atoms with Crippen molar-refractivity contribution in [1.29, 1.82) is 0 Å². The highest BCUT2D eigenvalue weighted by Crippen LogP contribution is 2.13. The number of aromatic nitrogens is 1. The molecule has 0 saturated carbocycles. The van der Waals surface area contributed by atoms with Crippen molar-refractivity contribution in [2.24, 2.45) is 4.99 Å². The van der Waals surface area contributed by atoms with Gasteiger partial charge in [-0.3, -0.25) is 9.89 Å². The van der Waals surface area contributed by atoms with Crippen LogP contribution in [0.1, 0.15) is 23.6 Å². The van der Waals surface area contributed by atoms with E-state index < -0.39 is 0 Å². The summed E-state index contributed by atoms with van der Waals surface area (Å²) >= 11 is 0. The Kier molecular flexibility index (Phi) is 10.9. The third-order valence-corrected chi connectivity index (χ3v) is 4.84. The van der Waals surface area contributed by atoms with Crippen molar-refractivity contribution in [3.05, 3.63) is 59.3 Å². The van der Waals surface area contributed by atoms with Gasteiger partial charge in [0.2, 0.25) is 5.88 Å². The highest BCUT2D eigenvalue weighted by atomic mass is 127. The maximum absolute atomic E-state index is 5.46. The van der Waals surface area contributed by atoms with E-state index in [1.165, 1.54) is 11.1 Å². The van der Waals surface area contributed by atoms with Crippen LogP contribution >= 0.6 is 24.0 Å². The molecule has 0 amide bonds. The number of nitrogens with zero attached hydrogens (tertiary/aromatic N) is 3. The topological polar surface area (TPSA) is 71.0 Å². The van der Waals surface area contributed by atoms with E-state index in [-0.39, 0.29) is 24.0 Å². The number of hydrogen-bond acceptors (Lipinski definition) is 5. The molecule has 164 valence electrons. The molecule has 7 nitrogen and oxygen atoms in total. The molecule has 0 bridgehead atoms. The van der Waals surface area contributed by atoms with Crippen LogP contribution in [0, 0.1) is 0 Å². The Morgan fingerprint density at radius 3 is 2.60 bits per heavy atom. The highest BCUT2D eigenvalue weighted by Gasteiger charge is 2.12. The minimum absolute atomic E-state index is 0. The molecule has 0 aliphatic carbocycles. The van der Waals surface area contributed by atoms with Crippen molar-refractivity contribution in [2.75, 3.05) is 40.0 Å². The van der Waals surface area contributed by atoms with Gasteiger partial charge in [-0.1, -0.05) is 24.3 Å². The third kappa shape index (κ3) is 7.73. The quantitative estimate of drug-likeness (QED) is 0.314. The van der Waals surface area contributed by atoms with Crippen LogP contribution < -0.4 is 15.4 Å². The minimum atomic E-state index is 0. The third-order valence-electron chi connectivity index (χ3n) is 4.84. The van der Waals surface area contributed by atoms with Gasteiger partial charge in [0.15, 0.2) is 5.96 Å². The fourth-order valence-corrected chi connectivity index (χ4v) is 3.26. The van der Waals surface area contributed by atoms with E-state index in [9.17, 15) is 0 Å². The van der Waals surface area contributed by atoms with Crippen molar-refractivity contribution in [3.63, 3.8) is 0 Å². The Balaban J connectivity index is 0.00000320. The molecule has 3 rings (SSSR count). The Morgan fingerprint density at radius 1 is 1.13 bits per heavy atom. The normalized spacial score (nSPS) is 14.7. The van der Waals surface area contributed by atoms with E-state index in [0.717, 1.165) is 50.9 Å². The minimum Gasteiger partial charge on any atom is -0.478 e.